The van der Waals surface area contributed by atoms with E-state index in [-0.39, 0.29) is 28.6 Å². The van der Waals surface area contributed by atoms with Crippen molar-refractivity contribution in [2.45, 2.75) is 19.8 Å². The topological polar surface area (TPSA) is 122 Å². The van der Waals surface area contributed by atoms with E-state index in [1.54, 1.807) is 24.3 Å². The van der Waals surface area contributed by atoms with Gasteiger partial charge in [0.15, 0.2) is 11.5 Å². The zero-order valence-corrected chi connectivity index (χ0v) is 21.5. The lowest BCUT2D eigenvalue weighted by molar-refractivity contribution is -0.385. The highest BCUT2D eigenvalue weighted by atomic mass is 79.9. The lowest BCUT2D eigenvalue weighted by atomic mass is 10.2. The average Bonchev–Trinajstić information content (AvgIpc) is 2.86. The maximum absolute atomic E-state index is 13.3. The first-order valence-corrected chi connectivity index (χ1v) is 11.9. The third-order valence-electron chi connectivity index (χ3n) is 5.07. The van der Waals surface area contributed by atoms with E-state index in [4.69, 9.17) is 21.1 Å². The summed E-state index contributed by atoms with van der Waals surface area (Å²) in [5.74, 6) is 1.10. The fourth-order valence-electron chi connectivity index (χ4n) is 3.41. The van der Waals surface area contributed by atoms with E-state index in [1.807, 2.05) is 13.0 Å². The number of ether oxygens (including phenoxy) is 2. The van der Waals surface area contributed by atoms with E-state index in [1.165, 1.54) is 30.1 Å². The fourth-order valence-corrected chi connectivity index (χ4v) is 3.99. The zero-order valence-electron chi connectivity index (χ0n) is 19.1. The van der Waals surface area contributed by atoms with Crippen molar-refractivity contribution in [2.24, 2.45) is 5.10 Å². The predicted molar refractivity (Wildman–Crippen MR) is 140 cm³/mol. The SMILES string of the molecule is CCCc1nc2ccc(Br)cc2c(=O)n1N=Cc1cc(Cl)cc(OC)c1Oc1ccc([N+](=O)[O-])cn1. The van der Waals surface area contributed by atoms with Crippen LogP contribution in [0.5, 0.6) is 17.4 Å². The van der Waals surface area contributed by atoms with Crippen molar-refractivity contribution in [3.8, 4) is 17.4 Å². The average molecular weight is 573 g/mol. The monoisotopic (exact) mass is 571 g/mol. The second kappa shape index (κ2) is 10.8. The summed E-state index contributed by atoms with van der Waals surface area (Å²) in [4.78, 5) is 32.3. The van der Waals surface area contributed by atoms with Crippen molar-refractivity contribution < 1.29 is 14.4 Å². The van der Waals surface area contributed by atoms with Gasteiger partial charge in [-0.1, -0.05) is 34.5 Å². The molecule has 36 heavy (non-hydrogen) atoms. The molecular formula is C24H19BrClN5O5. The second-order valence-corrected chi connectivity index (χ2v) is 8.89. The lowest BCUT2D eigenvalue weighted by Gasteiger charge is -2.13. The highest BCUT2D eigenvalue weighted by Gasteiger charge is 2.16. The second-order valence-electron chi connectivity index (χ2n) is 7.54. The predicted octanol–water partition coefficient (Wildman–Crippen LogP) is 5.75. The van der Waals surface area contributed by atoms with Gasteiger partial charge in [-0.25, -0.2) is 9.97 Å². The van der Waals surface area contributed by atoms with E-state index < -0.39 is 4.92 Å². The normalized spacial score (nSPS) is 11.2. The van der Waals surface area contributed by atoms with Crippen molar-refractivity contribution in [2.75, 3.05) is 7.11 Å². The van der Waals surface area contributed by atoms with E-state index in [9.17, 15) is 14.9 Å². The van der Waals surface area contributed by atoms with Crippen LogP contribution in [0, 0.1) is 10.1 Å². The number of methoxy groups -OCH3 is 1. The Hall–Kier alpha value is -3.83. The molecule has 2 heterocycles. The molecule has 0 amide bonds. The molecule has 10 nitrogen and oxygen atoms in total. The molecule has 2 aromatic heterocycles. The summed E-state index contributed by atoms with van der Waals surface area (Å²) in [7, 11) is 1.44. The molecule has 4 rings (SSSR count). The summed E-state index contributed by atoms with van der Waals surface area (Å²) in [6, 6.07) is 11.1. The molecule has 0 aliphatic heterocycles. The molecule has 4 aromatic rings. The number of nitro groups is 1. The molecule has 12 heteroatoms. The van der Waals surface area contributed by atoms with Crippen molar-refractivity contribution in [3.05, 3.63) is 90.0 Å². The third kappa shape index (κ3) is 5.37. The number of hydrogen-bond acceptors (Lipinski definition) is 8. The number of pyridine rings is 1. The minimum Gasteiger partial charge on any atom is -0.493 e. The Morgan fingerprint density at radius 2 is 2.06 bits per heavy atom. The molecule has 0 saturated carbocycles. The molecule has 0 atom stereocenters. The van der Waals surface area contributed by atoms with Crippen LogP contribution in [0.3, 0.4) is 0 Å². The van der Waals surface area contributed by atoms with E-state index >= 15 is 0 Å². The summed E-state index contributed by atoms with van der Waals surface area (Å²) >= 11 is 9.67. The zero-order chi connectivity index (χ0) is 25.8. The van der Waals surface area contributed by atoms with Crippen LogP contribution in [0.2, 0.25) is 5.02 Å². The fraction of sp³-hybridized carbons (Fsp3) is 0.167. The number of aromatic nitrogens is 3. The van der Waals surface area contributed by atoms with Gasteiger partial charge in [0.25, 0.3) is 11.2 Å². The molecule has 0 radical (unpaired) electrons. The minimum absolute atomic E-state index is 0.0944. The summed E-state index contributed by atoms with van der Waals surface area (Å²) in [5, 5.41) is 16.1. The number of hydrogen-bond donors (Lipinski definition) is 0. The van der Waals surface area contributed by atoms with Crippen molar-refractivity contribution >= 4 is 50.3 Å². The molecule has 0 aliphatic rings. The van der Waals surface area contributed by atoms with Gasteiger partial charge in [-0.2, -0.15) is 9.78 Å². The van der Waals surface area contributed by atoms with Gasteiger partial charge >= 0.3 is 0 Å². The lowest BCUT2D eigenvalue weighted by Crippen LogP contribution is -2.22. The van der Waals surface area contributed by atoms with Crippen molar-refractivity contribution in [1.82, 2.24) is 14.6 Å². The summed E-state index contributed by atoms with van der Waals surface area (Å²) in [5.41, 5.74) is 0.471. The number of nitrogens with zero attached hydrogens (tertiary/aromatic N) is 5. The quantitative estimate of drug-likeness (QED) is 0.150. The standard InChI is InChI=1S/C24H19BrClN5O5/c1-3-4-21-29-19-7-5-15(25)10-18(19)24(32)30(21)28-12-14-9-16(26)11-20(35-2)23(14)36-22-8-6-17(13-27-22)31(33)34/h5-13H,3-4H2,1-2H3. The van der Waals surface area contributed by atoms with Gasteiger partial charge in [-0.15, -0.1) is 0 Å². The Bertz CT molecular complexity index is 1540. The molecule has 0 fully saturated rings. The maximum atomic E-state index is 13.3. The van der Waals surface area contributed by atoms with Crippen LogP contribution in [0.25, 0.3) is 10.9 Å². The maximum Gasteiger partial charge on any atom is 0.287 e. The van der Waals surface area contributed by atoms with E-state index in [2.05, 4.69) is 31.0 Å². The Morgan fingerprint density at radius 3 is 2.72 bits per heavy atom. The Morgan fingerprint density at radius 1 is 1.25 bits per heavy atom. The smallest absolute Gasteiger partial charge is 0.287 e. The highest BCUT2D eigenvalue weighted by Crippen LogP contribution is 2.37. The number of fused-ring (bicyclic) bond motifs is 1. The van der Waals surface area contributed by atoms with E-state index in [0.29, 0.717) is 33.7 Å². The van der Waals surface area contributed by atoms with Crippen LogP contribution in [-0.4, -0.2) is 32.9 Å². The first-order chi connectivity index (χ1) is 17.3. The third-order valence-corrected chi connectivity index (χ3v) is 5.78. The molecule has 184 valence electrons. The summed E-state index contributed by atoms with van der Waals surface area (Å²) in [6.07, 6.45) is 3.80. The number of rotatable bonds is 8. The van der Waals surface area contributed by atoms with Crippen LogP contribution in [0.4, 0.5) is 5.69 Å². The van der Waals surface area contributed by atoms with Gasteiger partial charge in [-0.05, 0) is 30.7 Å². The Balaban J connectivity index is 1.81. The summed E-state index contributed by atoms with van der Waals surface area (Å²) in [6.45, 7) is 1.98. The molecule has 2 aromatic carbocycles. The van der Waals surface area contributed by atoms with Crippen LogP contribution in [0.1, 0.15) is 24.7 Å². The largest absolute Gasteiger partial charge is 0.493 e. The molecular weight excluding hydrogens is 554 g/mol. The molecule has 0 spiro atoms. The molecule has 0 N–H and O–H groups in total. The van der Waals surface area contributed by atoms with Gasteiger partial charge < -0.3 is 9.47 Å². The van der Waals surface area contributed by atoms with Gasteiger partial charge in [0.2, 0.25) is 5.88 Å². The van der Waals surface area contributed by atoms with Crippen LogP contribution < -0.4 is 15.0 Å². The highest BCUT2D eigenvalue weighted by molar-refractivity contribution is 9.10. The molecule has 0 bridgehead atoms. The van der Waals surface area contributed by atoms with Crippen molar-refractivity contribution in [1.29, 1.82) is 0 Å². The molecule has 0 saturated heterocycles. The van der Waals surface area contributed by atoms with Crippen molar-refractivity contribution in [3.63, 3.8) is 0 Å². The number of benzene rings is 2. The number of halogens is 2. The Labute approximate surface area is 218 Å². The summed E-state index contributed by atoms with van der Waals surface area (Å²) < 4.78 is 13.3. The van der Waals surface area contributed by atoms with Gasteiger partial charge in [-0.3, -0.25) is 14.9 Å². The first kappa shape index (κ1) is 25.3. The van der Waals surface area contributed by atoms with Crippen LogP contribution in [-0.2, 0) is 6.42 Å². The Kier molecular flexibility index (Phi) is 7.61. The molecule has 0 unspecified atom stereocenters. The first-order valence-electron chi connectivity index (χ1n) is 10.7. The molecule has 0 aliphatic carbocycles. The minimum atomic E-state index is -0.556. The van der Waals surface area contributed by atoms with Gasteiger partial charge in [0.1, 0.15) is 12.0 Å². The van der Waals surface area contributed by atoms with E-state index in [0.717, 1.165) is 17.1 Å². The van der Waals surface area contributed by atoms with Crippen LogP contribution >= 0.6 is 27.5 Å². The van der Waals surface area contributed by atoms with Crippen LogP contribution in [0.15, 0.2) is 63.0 Å². The van der Waals surface area contributed by atoms with Gasteiger partial charge in [0.05, 0.1) is 29.2 Å². The van der Waals surface area contributed by atoms with Gasteiger partial charge in [0, 0.05) is 39.7 Å². The number of aryl methyl sites for hydroxylation is 1.